The van der Waals surface area contributed by atoms with Gasteiger partial charge in [-0.1, -0.05) is 109 Å². The topological polar surface area (TPSA) is 53.1 Å². The van der Waals surface area contributed by atoms with Gasteiger partial charge >= 0.3 is 0 Å². The summed E-state index contributed by atoms with van der Waals surface area (Å²) in [5.74, 6) is 2.35. The summed E-state index contributed by atoms with van der Waals surface area (Å²) in [4.78, 5) is 10.0. The Bertz CT molecular complexity index is 2620. The molecule has 4 heterocycles. The van der Waals surface area contributed by atoms with Crippen LogP contribution in [-0.2, 0) is 0 Å². The molecule has 9 aromatic rings. The Hall–Kier alpha value is -6.20. The monoisotopic (exact) mass is 577 g/mol. The van der Waals surface area contributed by atoms with E-state index in [9.17, 15) is 0 Å². The first-order valence-electron chi connectivity index (χ1n) is 15.0. The second-order valence-electron chi connectivity index (χ2n) is 11.4. The molecule has 0 spiro atoms. The standard InChI is InChI=1S/C40H23N3O2/c1-3-11-24(12-4-1)36-35-30-23-26(21-22-32(30)45-40(35)42-39(41-36)25-13-5-2-6-14-25)27-15-9-16-28-29-17-10-20-34-38(29)43(37(27)28)31-18-7-8-19-33(31)44-34/h1-23H. The van der Waals surface area contributed by atoms with E-state index in [1.54, 1.807) is 0 Å². The Labute approximate surface area is 257 Å². The number of benzene rings is 6. The third-order valence-corrected chi connectivity index (χ3v) is 8.82. The molecule has 0 aliphatic carbocycles. The molecule has 5 heteroatoms. The van der Waals surface area contributed by atoms with E-state index in [1.165, 1.54) is 10.8 Å². The van der Waals surface area contributed by atoms with Crippen LogP contribution in [0, 0.1) is 0 Å². The van der Waals surface area contributed by atoms with Crippen LogP contribution < -0.4 is 4.74 Å². The highest BCUT2D eigenvalue weighted by atomic mass is 16.5. The van der Waals surface area contributed by atoms with Gasteiger partial charge in [0.2, 0.25) is 5.71 Å². The largest absolute Gasteiger partial charge is 0.453 e. The molecule has 0 atom stereocenters. The lowest BCUT2D eigenvalue weighted by Crippen LogP contribution is -2.04. The lowest BCUT2D eigenvalue weighted by Gasteiger charge is -2.21. The van der Waals surface area contributed by atoms with Crippen LogP contribution in [0.15, 0.2) is 144 Å². The molecule has 0 fully saturated rings. The number of aromatic nitrogens is 3. The van der Waals surface area contributed by atoms with E-state index in [-0.39, 0.29) is 0 Å². The maximum absolute atomic E-state index is 6.45. The molecule has 0 radical (unpaired) electrons. The third kappa shape index (κ3) is 3.49. The zero-order valence-electron chi connectivity index (χ0n) is 23.9. The molecule has 10 rings (SSSR count). The van der Waals surface area contributed by atoms with Crippen molar-refractivity contribution in [2.24, 2.45) is 0 Å². The van der Waals surface area contributed by atoms with Crippen molar-refractivity contribution in [2.45, 2.75) is 0 Å². The number of para-hydroxylation sites is 4. The van der Waals surface area contributed by atoms with Crippen LogP contribution in [0.4, 0.5) is 0 Å². The van der Waals surface area contributed by atoms with Gasteiger partial charge in [-0.05, 0) is 35.9 Å². The number of nitrogens with zero attached hydrogens (tertiary/aromatic N) is 3. The highest BCUT2D eigenvalue weighted by Crippen LogP contribution is 2.48. The summed E-state index contributed by atoms with van der Waals surface area (Å²) in [5.41, 5.74) is 9.66. The maximum atomic E-state index is 6.45. The highest BCUT2D eigenvalue weighted by molar-refractivity contribution is 6.17. The van der Waals surface area contributed by atoms with Crippen LogP contribution >= 0.6 is 0 Å². The van der Waals surface area contributed by atoms with Gasteiger partial charge in [0.15, 0.2) is 17.3 Å². The molecule has 0 saturated carbocycles. The van der Waals surface area contributed by atoms with E-state index in [1.807, 2.05) is 66.7 Å². The number of ether oxygens (including phenoxy) is 1. The molecular formula is C40H23N3O2. The van der Waals surface area contributed by atoms with Crippen molar-refractivity contribution in [3.8, 4) is 51.0 Å². The van der Waals surface area contributed by atoms with Crippen molar-refractivity contribution in [1.29, 1.82) is 0 Å². The predicted molar refractivity (Wildman–Crippen MR) is 180 cm³/mol. The van der Waals surface area contributed by atoms with Crippen LogP contribution in [0.5, 0.6) is 11.5 Å². The van der Waals surface area contributed by atoms with E-state index in [2.05, 4.69) is 77.4 Å². The Balaban J connectivity index is 1.27. The van der Waals surface area contributed by atoms with Crippen molar-refractivity contribution in [1.82, 2.24) is 14.5 Å². The van der Waals surface area contributed by atoms with Gasteiger partial charge in [0.25, 0.3) is 0 Å². The number of rotatable bonds is 3. The van der Waals surface area contributed by atoms with Gasteiger partial charge in [0.1, 0.15) is 5.58 Å². The molecule has 0 saturated heterocycles. The molecule has 0 N–H and O–H groups in total. The predicted octanol–water partition coefficient (Wildman–Crippen LogP) is 10.6. The molecule has 1 aliphatic rings. The molecule has 0 amide bonds. The fourth-order valence-corrected chi connectivity index (χ4v) is 6.85. The quantitative estimate of drug-likeness (QED) is 0.210. The Morgan fingerprint density at radius 1 is 0.511 bits per heavy atom. The summed E-state index contributed by atoms with van der Waals surface area (Å²) in [6.45, 7) is 0. The number of furan rings is 1. The minimum absolute atomic E-state index is 0.576. The van der Waals surface area contributed by atoms with E-state index < -0.39 is 0 Å². The van der Waals surface area contributed by atoms with Gasteiger partial charge in [-0.15, -0.1) is 0 Å². The minimum atomic E-state index is 0.576. The van der Waals surface area contributed by atoms with Crippen LogP contribution in [0.25, 0.3) is 83.3 Å². The fraction of sp³-hybridized carbons (Fsp3) is 0. The molecule has 3 aromatic heterocycles. The van der Waals surface area contributed by atoms with Gasteiger partial charge in [0, 0.05) is 32.8 Å². The summed E-state index contributed by atoms with van der Waals surface area (Å²) in [6, 6.07) is 47.9. The molecule has 6 aromatic carbocycles. The zero-order chi connectivity index (χ0) is 29.5. The van der Waals surface area contributed by atoms with E-state index in [0.717, 1.165) is 72.5 Å². The van der Waals surface area contributed by atoms with Crippen molar-refractivity contribution < 1.29 is 9.15 Å². The van der Waals surface area contributed by atoms with Crippen molar-refractivity contribution in [3.63, 3.8) is 0 Å². The van der Waals surface area contributed by atoms with Gasteiger partial charge in [-0.25, -0.2) is 4.98 Å². The minimum Gasteiger partial charge on any atom is -0.453 e. The normalized spacial score (nSPS) is 12.2. The van der Waals surface area contributed by atoms with E-state index >= 15 is 0 Å². The van der Waals surface area contributed by atoms with Crippen molar-refractivity contribution in [2.75, 3.05) is 0 Å². The summed E-state index contributed by atoms with van der Waals surface area (Å²) in [5, 5.41) is 4.24. The van der Waals surface area contributed by atoms with Gasteiger partial charge in [-0.2, -0.15) is 4.98 Å². The van der Waals surface area contributed by atoms with Crippen LogP contribution in [0.2, 0.25) is 0 Å². The van der Waals surface area contributed by atoms with Crippen molar-refractivity contribution in [3.05, 3.63) is 140 Å². The van der Waals surface area contributed by atoms with Crippen LogP contribution in [-0.4, -0.2) is 14.5 Å². The average Bonchev–Trinajstić information content (AvgIpc) is 3.65. The summed E-state index contributed by atoms with van der Waals surface area (Å²) in [6.07, 6.45) is 0. The fourth-order valence-electron chi connectivity index (χ4n) is 6.85. The van der Waals surface area contributed by atoms with Gasteiger partial charge < -0.3 is 13.7 Å². The second-order valence-corrected chi connectivity index (χ2v) is 11.4. The van der Waals surface area contributed by atoms with Gasteiger partial charge in [0.05, 0.1) is 27.8 Å². The molecule has 210 valence electrons. The molecule has 5 nitrogen and oxygen atoms in total. The van der Waals surface area contributed by atoms with Crippen molar-refractivity contribution >= 4 is 43.9 Å². The molecule has 45 heavy (non-hydrogen) atoms. The number of hydrogen-bond acceptors (Lipinski definition) is 4. The third-order valence-electron chi connectivity index (χ3n) is 8.82. The lowest BCUT2D eigenvalue weighted by atomic mass is 9.99. The van der Waals surface area contributed by atoms with Crippen LogP contribution in [0.1, 0.15) is 0 Å². The summed E-state index contributed by atoms with van der Waals surface area (Å²) >= 11 is 0. The number of fused-ring (bicyclic) bond motifs is 8. The smallest absolute Gasteiger partial charge is 0.231 e. The second kappa shape index (κ2) is 9.15. The molecule has 0 bridgehead atoms. The lowest BCUT2D eigenvalue weighted by molar-refractivity contribution is 0.476. The Kier molecular flexibility index (Phi) is 4.93. The highest BCUT2D eigenvalue weighted by Gasteiger charge is 2.25. The Morgan fingerprint density at radius 3 is 2.07 bits per heavy atom. The van der Waals surface area contributed by atoms with Gasteiger partial charge in [-0.3, -0.25) is 0 Å². The average molecular weight is 578 g/mol. The molecule has 1 aliphatic heterocycles. The molecular weight excluding hydrogens is 554 g/mol. The first-order chi connectivity index (χ1) is 22.3. The number of hydrogen-bond donors (Lipinski definition) is 0. The molecule has 0 unspecified atom stereocenters. The summed E-state index contributed by atoms with van der Waals surface area (Å²) in [7, 11) is 0. The first kappa shape index (κ1) is 24.3. The zero-order valence-corrected chi connectivity index (χ0v) is 23.9. The van der Waals surface area contributed by atoms with E-state index in [4.69, 9.17) is 19.1 Å². The van der Waals surface area contributed by atoms with Crippen LogP contribution in [0.3, 0.4) is 0 Å². The summed E-state index contributed by atoms with van der Waals surface area (Å²) < 4.78 is 15.2. The van der Waals surface area contributed by atoms with E-state index in [0.29, 0.717) is 11.5 Å². The maximum Gasteiger partial charge on any atom is 0.231 e. The SMILES string of the molecule is c1ccc(-c2nc(-c3ccccc3)c3c(n2)oc2ccc(-c4cccc5c6cccc7c6n(c45)-c4ccccc4O7)cc23)cc1. The Morgan fingerprint density at radius 2 is 1.22 bits per heavy atom. The first-order valence-corrected chi connectivity index (χ1v) is 15.0.